The monoisotopic (exact) mass is 489 g/mol. The number of aromatic nitrogens is 4. The van der Waals surface area contributed by atoms with Crippen molar-refractivity contribution < 1.29 is 5.11 Å². The number of aliphatic hydroxyl groups excluding tert-OH is 1. The SMILES string of the molecule is N[C@]1(c2ccc(-c3nc4c(cnc5cc(-c6ccsc6)nn54)cc3-c3ccccc3)cc2)C[C@@H](O)C1. The zero-order chi connectivity index (χ0) is 24.3. The van der Waals surface area contributed by atoms with Crippen molar-refractivity contribution in [1.29, 1.82) is 0 Å². The van der Waals surface area contributed by atoms with Crippen LogP contribution < -0.4 is 5.73 Å². The molecule has 1 saturated carbocycles. The van der Waals surface area contributed by atoms with Gasteiger partial charge in [-0.3, -0.25) is 0 Å². The predicted octanol–water partition coefficient (Wildman–Crippen LogP) is 5.65. The van der Waals surface area contributed by atoms with E-state index in [4.69, 9.17) is 15.8 Å². The Morgan fingerprint density at radius 2 is 1.75 bits per heavy atom. The Morgan fingerprint density at radius 3 is 2.47 bits per heavy atom. The van der Waals surface area contributed by atoms with E-state index in [0.29, 0.717) is 12.8 Å². The summed E-state index contributed by atoms with van der Waals surface area (Å²) in [5.41, 5.74) is 14.6. The lowest BCUT2D eigenvalue weighted by atomic mass is 9.70. The number of hydrogen-bond acceptors (Lipinski definition) is 6. The lowest BCUT2D eigenvalue weighted by Gasteiger charge is -2.42. The summed E-state index contributed by atoms with van der Waals surface area (Å²) < 4.78 is 1.83. The van der Waals surface area contributed by atoms with Crippen LogP contribution in [0.3, 0.4) is 0 Å². The molecule has 36 heavy (non-hydrogen) atoms. The Balaban J connectivity index is 1.42. The van der Waals surface area contributed by atoms with Gasteiger partial charge < -0.3 is 10.8 Å². The van der Waals surface area contributed by atoms with Gasteiger partial charge in [-0.15, -0.1) is 0 Å². The Bertz CT molecular complexity index is 1700. The first-order valence-electron chi connectivity index (χ1n) is 11.9. The van der Waals surface area contributed by atoms with Gasteiger partial charge >= 0.3 is 0 Å². The summed E-state index contributed by atoms with van der Waals surface area (Å²) in [4.78, 5) is 9.84. The smallest absolute Gasteiger partial charge is 0.165 e. The van der Waals surface area contributed by atoms with E-state index in [0.717, 1.165) is 55.9 Å². The molecule has 2 aromatic carbocycles. The van der Waals surface area contributed by atoms with Crippen molar-refractivity contribution in [2.75, 3.05) is 0 Å². The first kappa shape index (κ1) is 21.4. The molecule has 1 aliphatic rings. The lowest BCUT2D eigenvalue weighted by Crippen LogP contribution is -2.51. The van der Waals surface area contributed by atoms with Crippen molar-refractivity contribution in [3.8, 4) is 33.6 Å². The molecule has 0 bridgehead atoms. The average Bonchev–Trinajstić information content (AvgIpc) is 3.58. The zero-order valence-corrected chi connectivity index (χ0v) is 20.2. The third kappa shape index (κ3) is 3.44. The van der Waals surface area contributed by atoms with E-state index in [1.54, 1.807) is 11.3 Å². The number of benzene rings is 2. The van der Waals surface area contributed by atoms with Crippen molar-refractivity contribution in [2.45, 2.75) is 24.5 Å². The molecule has 4 aromatic heterocycles. The molecule has 6 aromatic rings. The van der Waals surface area contributed by atoms with E-state index in [2.05, 4.69) is 58.9 Å². The second-order valence-electron chi connectivity index (χ2n) is 9.53. The quantitative estimate of drug-likeness (QED) is 0.334. The van der Waals surface area contributed by atoms with E-state index in [1.807, 2.05) is 40.4 Å². The first-order valence-corrected chi connectivity index (χ1v) is 12.9. The van der Waals surface area contributed by atoms with Crippen LogP contribution in [0.1, 0.15) is 18.4 Å². The topological polar surface area (TPSA) is 89.3 Å². The van der Waals surface area contributed by atoms with Crippen molar-refractivity contribution in [3.63, 3.8) is 0 Å². The third-order valence-corrected chi connectivity index (χ3v) is 7.78. The van der Waals surface area contributed by atoms with Gasteiger partial charge in [0.2, 0.25) is 0 Å². The Hall–Kier alpha value is -3.91. The molecule has 1 aliphatic carbocycles. The highest BCUT2D eigenvalue weighted by Crippen LogP contribution is 2.40. The number of rotatable bonds is 4. The molecule has 0 radical (unpaired) electrons. The number of nitrogens with two attached hydrogens (primary N) is 1. The van der Waals surface area contributed by atoms with Crippen molar-refractivity contribution >= 4 is 28.0 Å². The van der Waals surface area contributed by atoms with Gasteiger partial charge in [0.25, 0.3) is 0 Å². The standard InChI is InChI=1S/C29H23N5OS/c30-29(14-23(35)15-29)22-8-6-19(7-9-22)27-24(18-4-2-1-3-5-18)12-21-16-31-26-13-25(20-10-11-36-17-20)33-34(26)28(21)32-27/h1-13,16-17,23,35H,14-15,30H2/t23-,29-. The molecule has 0 spiro atoms. The highest BCUT2D eigenvalue weighted by atomic mass is 32.1. The molecule has 1 fully saturated rings. The fourth-order valence-corrected chi connectivity index (χ4v) is 5.77. The van der Waals surface area contributed by atoms with Gasteiger partial charge in [0.05, 0.1) is 17.5 Å². The van der Waals surface area contributed by atoms with Crippen molar-refractivity contribution in [3.05, 3.63) is 95.3 Å². The number of aliphatic hydroxyl groups is 1. The summed E-state index contributed by atoms with van der Waals surface area (Å²) in [6.45, 7) is 0. The summed E-state index contributed by atoms with van der Waals surface area (Å²) >= 11 is 1.65. The van der Waals surface area contributed by atoms with Crippen molar-refractivity contribution in [1.82, 2.24) is 19.6 Å². The average molecular weight is 490 g/mol. The maximum atomic E-state index is 9.79. The van der Waals surface area contributed by atoms with Crippen LogP contribution in [0, 0.1) is 0 Å². The maximum absolute atomic E-state index is 9.79. The van der Waals surface area contributed by atoms with Gasteiger partial charge in [-0.2, -0.15) is 21.0 Å². The lowest BCUT2D eigenvalue weighted by molar-refractivity contribution is 0.0209. The predicted molar refractivity (Wildman–Crippen MR) is 144 cm³/mol. The molecule has 4 heterocycles. The summed E-state index contributed by atoms with van der Waals surface area (Å²) in [6.07, 6.45) is 2.74. The number of pyridine rings is 1. The minimum absolute atomic E-state index is 0.314. The minimum atomic E-state index is -0.456. The van der Waals surface area contributed by atoms with E-state index in [-0.39, 0.29) is 6.10 Å². The Morgan fingerprint density at radius 1 is 0.944 bits per heavy atom. The largest absolute Gasteiger partial charge is 0.393 e. The van der Waals surface area contributed by atoms with Crippen LogP contribution in [-0.4, -0.2) is 30.8 Å². The van der Waals surface area contributed by atoms with Gasteiger partial charge in [0.1, 0.15) is 0 Å². The second kappa shape index (κ2) is 8.06. The van der Waals surface area contributed by atoms with Crippen molar-refractivity contribution in [2.24, 2.45) is 5.73 Å². The van der Waals surface area contributed by atoms with E-state index in [9.17, 15) is 5.11 Å². The Labute approximate surface area is 211 Å². The molecule has 0 atom stereocenters. The summed E-state index contributed by atoms with van der Waals surface area (Å²) in [5.74, 6) is 0. The van der Waals surface area contributed by atoms with Crippen LogP contribution >= 0.6 is 11.3 Å². The van der Waals surface area contributed by atoms with Crippen LogP contribution in [0.5, 0.6) is 0 Å². The fraction of sp³-hybridized carbons (Fsp3) is 0.138. The van der Waals surface area contributed by atoms with Crippen LogP contribution in [0.4, 0.5) is 0 Å². The normalized spacial score (nSPS) is 19.6. The van der Waals surface area contributed by atoms with Crippen LogP contribution in [0.25, 0.3) is 50.3 Å². The summed E-state index contributed by atoms with van der Waals surface area (Å²) in [7, 11) is 0. The number of fused-ring (bicyclic) bond motifs is 3. The van der Waals surface area contributed by atoms with Crippen LogP contribution in [0.2, 0.25) is 0 Å². The molecular formula is C29H23N5OS. The van der Waals surface area contributed by atoms with E-state index in [1.165, 1.54) is 0 Å². The highest BCUT2D eigenvalue weighted by Gasteiger charge is 2.41. The number of hydrogen-bond donors (Lipinski definition) is 2. The van der Waals surface area contributed by atoms with Gasteiger partial charge in [-0.1, -0.05) is 54.6 Å². The van der Waals surface area contributed by atoms with E-state index >= 15 is 0 Å². The first-order chi connectivity index (χ1) is 17.6. The Kier molecular flexibility index (Phi) is 4.79. The third-order valence-electron chi connectivity index (χ3n) is 7.09. The number of nitrogens with zero attached hydrogens (tertiary/aromatic N) is 4. The van der Waals surface area contributed by atoms with Crippen LogP contribution in [0.15, 0.2) is 89.8 Å². The molecule has 6 nitrogen and oxygen atoms in total. The van der Waals surface area contributed by atoms with Gasteiger partial charge in [0, 0.05) is 45.3 Å². The molecule has 0 unspecified atom stereocenters. The summed E-state index contributed by atoms with van der Waals surface area (Å²) in [6, 6.07) is 24.8. The second-order valence-corrected chi connectivity index (χ2v) is 10.3. The van der Waals surface area contributed by atoms with E-state index < -0.39 is 5.54 Å². The molecule has 7 rings (SSSR count). The maximum Gasteiger partial charge on any atom is 0.165 e. The van der Waals surface area contributed by atoms with Gasteiger partial charge in [-0.05, 0) is 41.5 Å². The number of thiophene rings is 1. The summed E-state index contributed by atoms with van der Waals surface area (Å²) in [5, 5.41) is 19.7. The fourth-order valence-electron chi connectivity index (χ4n) is 5.12. The molecule has 7 heteroatoms. The minimum Gasteiger partial charge on any atom is -0.393 e. The molecule has 3 N–H and O–H groups in total. The molecule has 0 saturated heterocycles. The molecule has 176 valence electrons. The molecular weight excluding hydrogens is 466 g/mol. The highest BCUT2D eigenvalue weighted by molar-refractivity contribution is 7.08. The zero-order valence-electron chi connectivity index (χ0n) is 19.4. The van der Waals surface area contributed by atoms with Crippen LogP contribution in [-0.2, 0) is 5.54 Å². The van der Waals surface area contributed by atoms with Gasteiger partial charge in [0.15, 0.2) is 11.3 Å². The van der Waals surface area contributed by atoms with Gasteiger partial charge in [-0.25, -0.2) is 9.97 Å². The molecule has 0 aliphatic heterocycles. The molecule has 0 amide bonds.